The standard InChI is InChI=1S/C19H30N4O4/c1-20-8-10-21(11-9-20)17-4-6-22(7-5-17)19-3-2-18(23(25)26)14-16(19)15-27-13-12-24/h2-3,14,17,24H,4-13,15H2,1H3. The summed E-state index contributed by atoms with van der Waals surface area (Å²) in [6.07, 6.45) is 2.22. The first kappa shape index (κ1) is 20.0. The zero-order chi connectivity index (χ0) is 19.2. The van der Waals surface area contributed by atoms with E-state index in [0.29, 0.717) is 6.04 Å². The van der Waals surface area contributed by atoms with Crippen LogP contribution >= 0.6 is 0 Å². The molecule has 150 valence electrons. The fraction of sp³-hybridized carbons (Fsp3) is 0.684. The number of nitro groups is 1. The number of aliphatic hydroxyl groups excluding tert-OH is 1. The van der Waals surface area contributed by atoms with Gasteiger partial charge < -0.3 is 19.6 Å². The number of likely N-dealkylation sites (N-methyl/N-ethyl adjacent to an activating group) is 1. The molecule has 0 radical (unpaired) electrons. The summed E-state index contributed by atoms with van der Waals surface area (Å²) in [5.41, 5.74) is 1.90. The van der Waals surface area contributed by atoms with Gasteiger partial charge >= 0.3 is 0 Å². The van der Waals surface area contributed by atoms with E-state index in [-0.39, 0.29) is 30.4 Å². The van der Waals surface area contributed by atoms with Gasteiger partial charge in [-0.15, -0.1) is 0 Å². The van der Waals surface area contributed by atoms with E-state index in [1.807, 2.05) is 6.07 Å². The minimum absolute atomic E-state index is 0.0549. The van der Waals surface area contributed by atoms with Crippen molar-refractivity contribution in [3.63, 3.8) is 0 Å². The van der Waals surface area contributed by atoms with Gasteiger partial charge in [0.05, 0.1) is 24.7 Å². The second-order valence-corrected chi connectivity index (χ2v) is 7.40. The van der Waals surface area contributed by atoms with Crippen molar-refractivity contribution in [1.82, 2.24) is 9.80 Å². The number of benzene rings is 1. The van der Waals surface area contributed by atoms with Crippen LogP contribution in [0, 0.1) is 10.1 Å². The third kappa shape index (κ3) is 5.16. The van der Waals surface area contributed by atoms with Crippen LogP contribution in [-0.2, 0) is 11.3 Å². The Hall–Kier alpha value is -1.74. The molecule has 2 heterocycles. The van der Waals surface area contributed by atoms with Gasteiger partial charge in [0.2, 0.25) is 0 Å². The molecule has 0 unspecified atom stereocenters. The zero-order valence-electron chi connectivity index (χ0n) is 16.0. The molecule has 2 fully saturated rings. The van der Waals surface area contributed by atoms with Crippen molar-refractivity contribution >= 4 is 11.4 Å². The number of nitrogens with zero attached hydrogens (tertiary/aromatic N) is 4. The van der Waals surface area contributed by atoms with Crippen LogP contribution in [0.15, 0.2) is 18.2 Å². The number of hydrogen-bond acceptors (Lipinski definition) is 7. The second-order valence-electron chi connectivity index (χ2n) is 7.40. The summed E-state index contributed by atoms with van der Waals surface area (Å²) in [6, 6.07) is 5.63. The molecule has 1 N–H and O–H groups in total. The molecule has 0 aromatic heterocycles. The summed E-state index contributed by atoms with van der Waals surface area (Å²) in [5.74, 6) is 0. The Morgan fingerprint density at radius 1 is 1.19 bits per heavy atom. The van der Waals surface area contributed by atoms with E-state index in [2.05, 4.69) is 21.7 Å². The van der Waals surface area contributed by atoms with Crippen LogP contribution in [0.3, 0.4) is 0 Å². The largest absolute Gasteiger partial charge is 0.394 e. The van der Waals surface area contributed by atoms with Gasteiger partial charge in [0.25, 0.3) is 5.69 Å². The molecule has 8 heteroatoms. The van der Waals surface area contributed by atoms with E-state index < -0.39 is 0 Å². The average Bonchev–Trinajstić information content (AvgIpc) is 2.69. The van der Waals surface area contributed by atoms with Crippen LogP contribution in [0.2, 0.25) is 0 Å². The topological polar surface area (TPSA) is 82.3 Å². The van der Waals surface area contributed by atoms with Gasteiger partial charge in [-0.1, -0.05) is 0 Å². The van der Waals surface area contributed by atoms with Crippen molar-refractivity contribution in [2.75, 3.05) is 64.4 Å². The lowest BCUT2D eigenvalue weighted by atomic mass is 10.0. The number of aliphatic hydroxyl groups is 1. The zero-order valence-corrected chi connectivity index (χ0v) is 16.0. The summed E-state index contributed by atoms with van der Waals surface area (Å²) >= 11 is 0. The molecule has 0 saturated carbocycles. The first-order valence-electron chi connectivity index (χ1n) is 9.72. The smallest absolute Gasteiger partial charge is 0.269 e. The highest BCUT2D eigenvalue weighted by atomic mass is 16.6. The van der Waals surface area contributed by atoms with Gasteiger partial charge in [-0.25, -0.2) is 0 Å². The van der Waals surface area contributed by atoms with Crippen molar-refractivity contribution in [3.8, 4) is 0 Å². The minimum Gasteiger partial charge on any atom is -0.394 e. The van der Waals surface area contributed by atoms with Crippen LogP contribution in [-0.4, -0.2) is 85.4 Å². The molecule has 0 bridgehead atoms. The summed E-state index contributed by atoms with van der Waals surface area (Å²) in [5, 5.41) is 20.0. The molecule has 1 aromatic rings. The number of non-ortho nitro benzene ring substituents is 1. The monoisotopic (exact) mass is 378 g/mol. The Kier molecular flexibility index (Phi) is 7.01. The van der Waals surface area contributed by atoms with Crippen molar-refractivity contribution in [3.05, 3.63) is 33.9 Å². The maximum Gasteiger partial charge on any atom is 0.269 e. The van der Waals surface area contributed by atoms with Gasteiger partial charge in [-0.3, -0.25) is 15.0 Å². The Morgan fingerprint density at radius 3 is 2.52 bits per heavy atom. The lowest BCUT2D eigenvalue weighted by Gasteiger charge is -2.43. The summed E-state index contributed by atoms with van der Waals surface area (Å²) in [7, 11) is 2.18. The van der Waals surface area contributed by atoms with E-state index in [1.165, 1.54) is 0 Å². The number of hydrogen-bond donors (Lipinski definition) is 1. The summed E-state index contributed by atoms with van der Waals surface area (Å²) < 4.78 is 5.45. The highest BCUT2D eigenvalue weighted by Crippen LogP contribution is 2.29. The molecule has 2 aliphatic heterocycles. The fourth-order valence-electron chi connectivity index (χ4n) is 4.02. The Labute approximate surface area is 160 Å². The van der Waals surface area contributed by atoms with Crippen molar-refractivity contribution < 1.29 is 14.8 Å². The number of anilines is 1. The molecule has 2 saturated heterocycles. The van der Waals surface area contributed by atoms with Gasteiger partial charge in [-0.2, -0.15) is 0 Å². The van der Waals surface area contributed by atoms with E-state index in [4.69, 9.17) is 9.84 Å². The van der Waals surface area contributed by atoms with Crippen molar-refractivity contribution in [1.29, 1.82) is 0 Å². The van der Waals surface area contributed by atoms with Crippen molar-refractivity contribution in [2.45, 2.75) is 25.5 Å². The van der Waals surface area contributed by atoms with Crippen LogP contribution in [0.5, 0.6) is 0 Å². The van der Waals surface area contributed by atoms with E-state index in [0.717, 1.165) is 63.4 Å². The normalized spacial score (nSPS) is 20.1. The van der Waals surface area contributed by atoms with E-state index >= 15 is 0 Å². The number of nitro benzene ring substituents is 1. The van der Waals surface area contributed by atoms with Gasteiger partial charge in [0.1, 0.15) is 0 Å². The summed E-state index contributed by atoms with van der Waals surface area (Å²) in [6.45, 7) is 6.88. The number of rotatable bonds is 7. The maximum atomic E-state index is 11.1. The van der Waals surface area contributed by atoms with Gasteiger partial charge in [0, 0.05) is 68.7 Å². The first-order valence-corrected chi connectivity index (χ1v) is 9.72. The third-order valence-electron chi connectivity index (χ3n) is 5.63. The second kappa shape index (κ2) is 9.45. The number of piperazine rings is 1. The SMILES string of the molecule is CN1CCN(C2CCN(c3ccc([N+](=O)[O-])cc3COCCO)CC2)CC1. The highest BCUT2D eigenvalue weighted by molar-refractivity contribution is 5.58. The molecule has 0 atom stereocenters. The van der Waals surface area contributed by atoms with Crippen LogP contribution in [0.4, 0.5) is 11.4 Å². The molecule has 1 aromatic carbocycles. The van der Waals surface area contributed by atoms with E-state index in [1.54, 1.807) is 12.1 Å². The lowest BCUT2D eigenvalue weighted by molar-refractivity contribution is -0.384. The lowest BCUT2D eigenvalue weighted by Crippen LogP contribution is -2.52. The molecule has 2 aliphatic rings. The van der Waals surface area contributed by atoms with Crippen LogP contribution < -0.4 is 4.90 Å². The van der Waals surface area contributed by atoms with Crippen LogP contribution in [0.1, 0.15) is 18.4 Å². The Bertz CT molecular complexity index is 626. The molecule has 0 spiro atoms. The van der Waals surface area contributed by atoms with Crippen molar-refractivity contribution in [2.24, 2.45) is 0 Å². The molecule has 3 rings (SSSR count). The Balaban J connectivity index is 1.64. The molecule has 27 heavy (non-hydrogen) atoms. The average molecular weight is 378 g/mol. The molecule has 0 aliphatic carbocycles. The van der Waals surface area contributed by atoms with Gasteiger partial charge in [-0.05, 0) is 26.0 Å². The van der Waals surface area contributed by atoms with E-state index in [9.17, 15) is 10.1 Å². The summed E-state index contributed by atoms with van der Waals surface area (Å²) in [4.78, 5) is 18.0. The van der Waals surface area contributed by atoms with Gasteiger partial charge in [0.15, 0.2) is 0 Å². The minimum atomic E-state index is -0.376. The molecular weight excluding hydrogens is 348 g/mol. The number of ether oxygens (including phenoxy) is 1. The Morgan fingerprint density at radius 2 is 1.89 bits per heavy atom. The number of piperidine rings is 1. The maximum absolute atomic E-state index is 11.1. The van der Waals surface area contributed by atoms with Crippen LogP contribution in [0.25, 0.3) is 0 Å². The molecule has 0 amide bonds. The molecular formula is C19H30N4O4. The predicted octanol–water partition coefficient (Wildman–Crippen LogP) is 1.32. The third-order valence-corrected chi connectivity index (χ3v) is 5.63. The first-order chi connectivity index (χ1) is 13.1. The fourth-order valence-corrected chi connectivity index (χ4v) is 4.02. The quantitative estimate of drug-likeness (QED) is 0.435. The highest BCUT2D eigenvalue weighted by Gasteiger charge is 2.27. The predicted molar refractivity (Wildman–Crippen MR) is 104 cm³/mol. The molecule has 8 nitrogen and oxygen atoms in total.